The van der Waals surface area contributed by atoms with Gasteiger partial charge in [0, 0.05) is 22.6 Å². The number of amides is 1. The molecule has 5 nitrogen and oxygen atoms in total. The first-order chi connectivity index (χ1) is 9.63. The lowest BCUT2D eigenvalue weighted by atomic mass is 10.1. The van der Waals surface area contributed by atoms with E-state index in [0.29, 0.717) is 22.1 Å². The van der Waals surface area contributed by atoms with Gasteiger partial charge in [0.15, 0.2) is 0 Å². The number of primary sulfonamides is 1. The molecule has 1 rings (SSSR count). The highest BCUT2D eigenvalue weighted by molar-refractivity contribution is 9.10. The molecule has 21 heavy (non-hydrogen) atoms. The Labute approximate surface area is 134 Å². The van der Waals surface area contributed by atoms with E-state index >= 15 is 0 Å². The Morgan fingerprint density at radius 3 is 2.38 bits per heavy atom. The van der Waals surface area contributed by atoms with E-state index in [2.05, 4.69) is 15.9 Å². The molecule has 1 atom stereocenters. The van der Waals surface area contributed by atoms with Crippen LogP contribution in [-0.4, -0.2) is 31.8 Å². The highest BCUT2D eigenvalue weighted by Gasteiger charge is 2.24. The van der Waals surface area contributed by atoms with Crippen molar-refractivity contribution in [2.45, 2.75) is 45.1 Å². The van der Waals surface area contributed by atoms with E-state index < -0.39 is 10.0 Å². The maximum absolute atomic E-state index is 12.7. The van der Waals surface area contributed by atoms with Crippen molar-refractivity contribution >= 4 is 31.9 Å². The second kappa shape index (κ2) is 6.89. The summed E-state index contributed by atoms with van der Waals surface area (Å²) in [4.78, 5) is 14.4. The molecule has 0 aliphatic carbocycles. The molecule has 0 fully saturated rings. The molecule has 0 radical (unpaired) electrons. The van der Waals surface area contributed by atoms with Gasteiger partial charge >= 0.3 is 0 Å². The maximum Gasteiger partial charge on any atom is 0.254 e. The Kier molecular flexibility index (Phi) is 5.95. The minimum absolute atomic E-state index is 0.0274. The monoisotopic (exact) mass is 376 g/mol. The fraction of sp³-hybridized carbons (Fsp3) is 0.500. The summed E-state index contributed by atoms with van der Waals surface area (Å²) >= 11 is 3.24. The van der Waals surface area contributed by atoms with E-state index in [1.54, 1.807) is 17.9 Å². The Morgan fingerprint density at radius 1 is 1.38 bits per heavy atom. The molecule has 118 valence electrons. The summed E-state index contributed by atoms with van der Waals surface area (Å²) in [7, 11) is -3.87. The fourth-order valence-corrected chi connectivity index (χ4v) is 3.64. The molecule has 0 spiro atoms. The molecule has 1 amide bonds. The van der Waals surface area contributed by atoms with Crippen molar-refractivity contribution in [3.63, 3.8) is 0 Å². The zero-order chi connectivity index (χ0) is 16.4. The predicted octanol–water partition coefficient (Wildman–Crippen LogP) is 2.67. The zero-order valence-corrected chi connectivity index (χ0v) is 15.1. The number of carbonyl (C=O) groups is 1. The van der Waals surface area contributed by atoms with E-state index in [1.807, 2.05) is 20.8 Å². The van der Waals surface area contributed by atoms with Gasteiger partial charge in [0.2, 0.25) is 10.0 Å². The van der Waals surface area contributed by atoms with Gasteiger partial charge in [0.1, 0.15) is 0 Å². The van der Waals surface area contributed by atoms with Crippen LogP contribution in [0.4, 0.5) is 0 Å². The first-order valence-corrected chi connectivity index (χ1v) is 9.11. The van der Waals surface area contributed by atoms with E-state index in [9.17, 15) is 13.2 Å². The summed E-state index contributed by atoms with van der Waals surface area (Å²) < 4.78 is 23.8. The van der Waals surface area contributed by atoms with E-state index in [4.69, 9.17) is 5.14 Å². The summed E-state index contributed by atoms with van der Waals surface area (Å²) in [6.45, 7) is 8.03. The molecule has 0 aromatic heterocycles. The third kappa shape index (κ3) is 4.05. The van der Waals surface area contributed by atoms with E-state index in [0.717, 1.165) is 6.42 Å². The van der Waals surface area contributed by atoms with Crippen molar-refractivity contribution in [3.05, 3.63) is 27.7 Å². The van der Waals surface area contributed by atoms with E-state index in [-0.39, 0.29) is 16.8 Å². The molecule has 1 aromatic rings. The Hall–Kier alpha value is -0.920. The molecule has 1 unspecified atom stereocenters. The minimum Gasteiger partial charge on any atom is -0.336 e. The van der Waals surface area contributed by atoms with Crippen LogP contribution in [0, 0.1) is 6.92 Å². The quantitative estimate of drug-likeness (QED) is 0.857. The van der Waals surface area contributed by atoms with Crippen molar-refractivity contribution in [2.75, 3.05) is 6.54 Å². The van der Waals surface area contributed by atoms with Gasteiger partial charge < -0.3 is 4.90 Å². The smallest absolute Gasteiger partial charge is 0.254 e. The van der Waals surface area contributed by atoms with Crippen molar-refractivity contribution in [1.82, 2.24) is 4.90 Å². The molecule has 0 bridgehead atoms. The lowest BCUT2D eigenvalue weighted by Crippen LogP contribution is -2.38. The van der Waals surface area contributed by atoms with Crippen LogP contribution in [0.2, 0.25) is 0 Å². The van der Waals surface area contributed by atoms with Crippen LogP contribution in [0.25, 0.3) is 0 Å². The third-order valence-electron chi connectivity index (χ3n) is 3.59. The molecule has 0 heterocycles. The van der Waals surface area contributed by atoms with Gasteiger partial charge in [-0.25, -0.2) is 13.6 Å². The maximum atomic E-state index is 12.7. The minimum atomic E-state index is -3.87. The van der Waals surface area contributed by atoms with Gasteiger partial charge in [0.25, 0.3) is 5.91 Å². The number of sulfonamides is 1. The zero-order valence-electron chi connectivity index (χ0n) is 12.7. The largest absolute Gasteiger partial charge is 0.336 e. The average Bonchev–Trinajstić information content (AvgIpc) is 2.40. The van der Waals surface area contributed by atoms with Crippen LogP contribution in [0.15, 0.2) is 21.5 Å². The number of benzene rings is 1. The van der Waals surface area contributed by atoms with Crippen LogP contribution in [0.5, 0.6) is 0 Å². The molecule has 0 saturated heterocycles. The summed E-state index contributed by atoms with van der Waals surface area (Å²) in [5, 5.41) is 5.22. The van der Waals surface area contributed by atoms with Crippen molar-refractivity contribution in [1.29, 1.82) is 0 Å². The van der Waals surface area contributed by atoms with Crippen LogP contribution in [0.3, 0.4) is 0 Å². The molecule has 7 heteroatoms. The molecular formula is C14H21BrN2O3S. The lowest BCUT2D eigenvalue weighted by molar-refractivity contribution is 0.0699. The number of rotatable bonds is 5. The number of nitrogens with zero attached hydrogens (tertiary/aromatic N) is 1. The van der Waals surface area contributed by atoms with Gasteiger partial charge in [-0.3, -0.25) is 4.79 Å². The number of carbonyl (C=O) groups excluding carboxylic acids is 1. The standard InChI is InChI=1S/C14H21BrN2O3S/c1-5-9(3)17(6-2)14(18)12-7-11(15)8-13(10(12)4)21(16,19)20/h7-9H,5-6H2,1-4H3,(H2,16,19,20). The first kappa shape index (κ1) is 18.1. The van der Waals surface area contributed by atoms with Gasteiger partial charge in [-0.15, -0.1) is 0 Å². The highest BCUT2D eigenvalue weighted by Crippen LogP contribution is 2.25. The summed E-state index contributed by atoms with van der Waals surface area (Å²) in [6.07, 6.45) is 0.828. The Balaban J connectivity index is 3.44. The SMILES string of the molecule is CCC(C)N(CC)C(=O)c1cc(Br)cc(S(N)(=O)=O)c1C. The number of nitrogens with two attached hydrogens (primary N) is 1. The third-order valence-corrected chi connectivity index (χ3v) is 5.08. The normalized spacial score (nSPS) is 13.0. The fourth-order valence-electron chi connectivity index (χ4n) is 2.20. The second-order valence-electron chi connectivity index (χ2n) is 4.97. The van der Waals surface area contributed by atoms with Crippen molar-refractivity contribution < 1.29 is 13.2 Å². The average molecular weight is 377 g/mol. The van der Waals surface area contributed by atoms with Gasteiger partial charge in [-0.2, -0.15) is 0 Å². The Morgan fingerprint density at radius 2 is 1.95 bits per heavy atom. The molecule has 0 aliphatic heterocycles. The molecule has 0 saturated carbocycles. The Bertz CT molecular complexity index is 644. The van der Waals surface area contributed by atoms with Gasteiger partial charge in [0.05, 0.1) is 4.90 Å². The van der Waals surface area contributed by atoms with Crippen LogP contribution in [0.1, 0.15) is 43.1 Å². The number of hydrogen-bond donors (Lipinski definition) is 1. The van der Waals surface area contributed by atoms with Crippen molar-refractivity contribution in [2.24, 2.45) is 5.14 Å². The molecule has 0 aliphatic rings. The molecule has 1 aromatic carbocycles. The van der Waals surface area contributed by atoms with Crippen LogP contribution >= 0.6 is 15.9 Å². The van der Waals surface area contributed by atoms with E-state index in [1.165, 1.54) is 6.07 Å². The topological polar surface area (TPSA) is 80.5 Å². The second-order valence-corrected chi connectivity index (χ2v) is 7.42. The number of hydrogen-bond acceptors (Lipinski definition) is 3. The summed E-state index contributed by atoms with van der Waals surface area (Å²) in [5.41, 5.74) is 0.739. The van der Waals surface area contributed by atoms with Crippen molar-refractivity contribution in [3.8, 4) is 0 Å². The highest BCUT2D eigenvalue weighted by atomic mass is 79.9. The first-order valence-electron chi connectivity index (χ1n) is 6.77. The predicted molar refractivity (Wildman–Crippen MR) is 86.7 cm³/mol. The van der Waals surface area contributed by atoms with Crippen LogP contribution < -0.4 is 5.14 Å². The van der Waals surface area contributed by atoms with Crippen LogP contribution in [-0.2, 0) is 10.0 Å². The van der Waals surface area contributed by atoms with Gasteiger partial charge in [-0.05, 0) is 44.9 Å². The summed E-state index contributed by atoms with van der Waals surface area (Å²) in [5.74, 6) is -0.185. The number of halogens is 1. The lowest BCUT2D eigenvalue weighted by Gasteiger charge is -2.28. The van der Waals surface area contributed by atoms with Gasteiger partial charge in [-0.1, -0.05) is 22.9 Å². The molecule has 2 N–H and O–H groups in total. The molecular weight excluding hydrogens is 356 g/mol. The summed E-state index contributed by atoms with van der Waals surface area (Å²) in [6, 6.07) is 3.14.